The third kappa shape index (κ3) is 5.19. The summed E-state index contributed by atoms with van der Waals surface area (Å²) < 4.78 is 11.6. The molecule has 0 radical (unpaired) electrons. The lowest BCUT2D eigenvalue weighted by molar-refractivity contribution is -0.160. The highest BCUT2D eigenvalue weighted by atomic mass is 16.6. The summed E-state index contributed by atoms with van der Waals surface area (Å²) in [7, 11) is 0. The molecule has 0 aromatic carbocycles. The Kier molecular flexibility index (Phi) is 8.44. The van der Waals surface area contributed by atoms with Gasteiger partial charge in [-0.1, -0.05) is 52.8 Å². The molecule has 31 heavy (non-hydrogen) atoms. The van der Waals surface area contributed by atoms with Crippen molar-refractivity contribution in [3.05, 3.63) is 35.5 Å². The number of allylic oxidation sites excluding steroid dienone is 2. The highest BCUT2D eigenvalue weighted by molar-refractivity contribution is 6.03. The number of hydrogen-bond donors (Lipinski definition) is 0. The molecule has 0 unspecified atom stereocenters. The number of ketones is 1. The summed E-state index contributed by atoms with van der Waals surface area (Å²) in [5.41, 5.74) is 2.32. The maximum atomic E-state index is 13.3. The fraction of sp³-hybridized carbons (Fsp3) is 0.654. The lowest BCUT2D eigenvalue weighted by Gasteiger charge is -2.42. The van der Waals surface area contributed by atoms with Crippen LogP contribution in [-0.2, 0) is 23.9 Å². The molecule has 2 rings (SSSR count). The van der Waals surface area contributed by atoms with E-state index in [0.717, 1.165) is 12.0 Å². The Morgan fingerprint density at radius 3 is 2.32 bits per heavy atom. The second-order valence-electron chi connectivity index (χ2n) is 9.31. The second kappa shape index (κ2) is 10.4. The van der Waals surface area contributed by atoms with Crippen molar-refractivity contribution in [3.63, 3.8) is 0 Å². The van der Waals surface area contributed by atoms with Crippen LogP contribution in [0.15, 0.2) is 35.5 Å². The van der Waals surface area contributed by atoms with Crippen LogP contribution in [0.25, 0.3) is 0 Å². The molecule has 2 aliphatic carbocycles. The first-order valence-electron chi connectivity index (χ1n) is 11.5. The number of rotatable bonds is 7. The van der Waals surface area contributed by atoms with Gasteiger partial charge in [-0.05, 0) is 56.1 Å². The highest BCUT2D eigenvalue weighted by Gasteiger charge is 2.57. The molecule has 0 aromatic rings. The number of ether oxygens (including phenoxy) is 2. The average Bonchev–Trinajstić information content (AvgIpc) is 3.00. The third-order valence-corrected chi connectivity index (χ3v) is 7.01. The quantitative estimate of drug-likeness (QED) is 0.315. The van der Waals surface area contributed by atoms with Crippen LogP contribution in [0.3, 0.4) is 0 Å². The molecule has 5 heteroatoms. The van der Waals surface area contributed by atoms with E-state index in [1.807, 2.05) is 33.8 Å². The second-order valence-corrected chi connectivity index (χ2v) is 9.31. The Balaban J connectivity index is 2.41. The summed E-state index contributed by atoms with van der Waals surface area (Å²) in [4.78, 5) is 38.3. The van der Waals surface area contributed by atoms with Gasteiger partial charge >= 0.3 is 11.9 Å². The summed E-state index contributed by atoms with van der Waals surface area (Å²) in [6, 6.07) is 0. The van der Waals surface area contributed by atoms with Crippen LogP contribution in [0, 0.1) is 29.6 Å². The highest BCUT2D eigenvalue weighted by Crippen LogP contribution is 2.53. The van der Waals surface area contributed by atoms with Gasteiger partial charge in [0.15, 0.2) is 11.9 Å². The molecule has 0 bridgehead atoms. The van der Waals surface area contributed by atoms with Gasteiger partial charge in [0.1, 0.15) is 6.10 Å². The van der Waals surface area contributed by atoms with E-state index in [1.165, 1.54) is 6.08 Å². The fourth-order valence-corrected chi connectivity index (χ4v) is 4.71. The van der Waals surface area contributed by atoms with Gasteiger partial charge in [-0.2, -0.15) is 0 Å². The van der Waals surface area contributed by atoms with Crippen LogP contribution in [0.2, 0.25) is 0 Å². The largest absolute Gasteiger partial charge is 0.455 e. The minimum atomic E-state index is -0.902. The topological polar surface area (TPSA) is 69.7 Å². The van der Waals surface area contributed by atoms with Crippen LogP contribution < -0.4 is 0 Å². The Labute approximate surface area is 186 Å². The van der Waals surface area contributed by atoms with Crippen molar-refractivity contribution < 1.29 is 23.9 Å². The van der Waals surface area contributed by atoms with Gasteiger partial charge in [0.2, 0.25) is 0 Å². The van der Waals surface area contributed by atoms with Crippen LogP contribution in [0.4, 0.5) is 0 Å². The molecular weight excluding hydrogens is 392 g/mol. The van der Waals surface area contributed by atoms with Gasteiger partial charge in [0.25, 0.3) is 0 Å². The minimum Gasteiger partial charge on any atom is -0.455 e. The predicted molar refractivity (Wildman–Crippen MR) is 121 cm³/mol. The molecule has 0 aliphatic heterocycles. The molecule has 0 spiro atoms. The lowest BCUT2D eigenvalue weighted by Crippen LogP contribution is -2.43. The van der Waals surface area contributed by atoms with Crippen molar-refractivity contribution in [1.29, 1.82) is 0 Å². The molecule has 0 saturated heterocycles. The van der Waals surface area contributed by atoms with E-state index in [-0.39, 0.29) is 41.3 Å². The van der Waals surface area contributed by atoms with E-state index in [4.69, 9.17) is 9.47 Å². The maximum Gasteiger partial charge on any atom is 0.331 e. The van der Waals surface area contributed by atoms with Crippen molar-refractivity contribution in [3.8, 4) is 0 Å². The van der Waals surface area contributed by atoms with E-state index in [1.54, 1.807) is 6.92 Å². The normalized spacial score (nSPS) is 31.0. The van der Waals surface area contributed by atoms with Crippen molar-refractivity contribution in [2.45, 2.75) is 79.9 Å². The van der Waals surface area contributed by atoms with Crippen molar-refractivity contribution in [2.75, 3.05) is 0 Å². The Bertz CT molecular complexity index is 788. The van der Waals surface area contributed by atoms with Gasteiger partial charge in [-0.25, -0.2) is 4.79 Å². The first-order chi connectivity index (χ1) is 14.6. The van der Waals surface area contributed by atoms with E-state index in [0.29, 0.717) is 24.0 Å². The minimum absolute atomic E-state index is 0.0809. The van der Waals surface area contributed by atoms with Crippen molar-refractivity contribution in [2.24, 2.45) is 29.6 Å². The summed E-state index contributed by atoms with van der Waals surface area (Å²) in [5.74, 6) is -1.26. The van der Waals surface area contributed by atoms with Crippen LogP contribution in [0.1, 0.15) is 67.7 Å². The molecule has 0 aromatic heterocycles. The Morgan fingerprint density at radius 1 is 1.16 bits per heavy atom. The van der Waals surface area contributed by atoms with Gasteiger partial charge < -0.3 is 9.47 Å². The van der Waals surface area contributed by atoms with Crippen LogP contribution in [-0.4, -0.2) is 29.9 Å². The van der Waals surface area contributed by atoms with Crippen molar-refractivity contribution in [1.82, 2.24) is 0 Å². The van der Waals surface area contributed by atoms with Gasteiger partial charge in [0, 0.05) is 17.9 Å². The molecule has 0 heterocycles. The molecular formula is C26H38O5. The van der Waals surface area contributed by atoms with Gasteiger partial charge in [-0.15, -0.1) is 0 Å². The van der Waals surface area contributed by atoms with Gasteiger partial charge in [0.05, 0.1) is 5.92 Å². The number of Topliss-reactive ketones (excluding diaryl/α,β-unsaturated/α-hetero) is 1. The summed E-state index contributed by atoms with van der Waals surface area (Å²) in [6.07, 6.45) is 3.98. The number of fused-ring (bicyclic) bond motifs is 1. The molecule has 2 fully saturated rings. The summed E-state index contributed by atoms with van der Waals surface area (Å²) >= 11 is 0. The Hall–Kier alpha value is -2.17. The van der Waals surface area contributed by atoms with Crippen LogP contribution >= 0.6 is 0 Å². The van der Waals surface area contributed by atoms with E-state index in [9.17, 15) is 14.4 Å². The predicted octanol–water partition coefficient (Wildman–Crippen LogP) is 5.21. The number of carbonyl (C=O) groups excluding carboxylic acids is 3. The number of carbonyl (C=O) groups is 3. The van der Waals surface area contributed by atoms with Gasteiger partial charge in [-0.3, -0.25) is 9.59 Å². The average molecular weight is 431 g/mol. The van der Waals surface area contributed by atoms with E-state index >= 15 is 0 Å². The fourth-order valence-electron chi connectivity index (χ4n) is 4.71. The molecule has 6 atom stereocenters. The number of esters is 2. The zero-order valence-corrected chi connectivity index (χ0v) is 20.1. The Morgan fingerprint density at radius 2 is 1.81 bits per heavy atom. The zero-order valence-electron chi connectivity index (χ0n) is 20.1. The molecule has 2 aliphatic rings. The monoisotopic (exact) mass is 430 g/mol. The lowest BCUT2D eigenvalue weighted by atomic mass is 9.65. The zero-order chi connectivity index (χ0) is 23.5. The first-order valence-corrected chi connectivity index (χ1v) is 11.5. The molecule has 5 nitrogen and oxygen atoms in total. The smallest absolute Gasteiger partial charge is 0.331 e. The van der Waals surface area contributed by atoms with E-state index in [2.05, 4.69) is 20.4 Å². The van der Waals surface area contributed by atoms with Crippen molar-refractivity contribution >= 4 is 17.7 Å². The summed E-state index contributed by atoms with van der Waals surface area (Å²) in [6.45, 7) is 17.9. The third-order valence-electron chi connectivity index (χ3n) is 7.01. The maximum absolute atomic E-state index is 13.3. The standard InChI is InChI=1S/C26H38O5/c1-9-15(6)12-21(27)30-20-13-19(14(4)5)23-18(11-3)24(28)25(22(23)17(20)8)31-26(29)16(7)10-2/h11-12,14,16,19-20,22-23,25H,8-10,13H2,1-7H3/b15-12+,18-11-/t16-,19-,20+,22-,23-,25-/m1/s1. The van der Waals surface area contributed by atoms with E-state index < -0.39 is 18.2 Å². The number of hydrogen-bond acceptors (Lipinski definition) is 5. The molecule has 0 amide bonds. The molecule has 0 N–H and O–H groups in total. The molecule has 172 valence electrons. The summed E-state index contributed by atoms with van der Waals surface area (Å²) in [5, 5.41) is 0. The SMILES string of the molecule is C=C1[C@@H]2[C@H](/C(=C/C)C(=O)[C@@H]2OC(=O)[C@H](C)CC)[C@@H](C(C)C)C[C@@H]1OC(=O)/C=C(\C)CC. The van der Waals surface area contributed by atoms with Crippen LogP contribution in [0.5, 0.6) is 0 Å². The first kappa shape index (κ1) is 25.1. The molecule has 2 saturated carbocycles.